The maximum absolute atomic E-state index is 6.00. The van der Waals surface area contributed by atoms with Crippen molar-refractivity contribution in [1.29, 1.82) is 0 Å². The maximum atomic E-state index is 6.00. The predicted octanol–water partition coefficient (Wildman–Crippen LogP) is 2.09. The highest BCUT2D eigenvalue weighted by Crippen LogP contribution is 2.25. The Morgan fingerprint density at radius 1 is 1.47 bits per heavy atom. The second-order valence-corrected chi connectivity index (χ2v) is 4.80. The molecule has 0 aromatic heterocycles. The van der Waals surface area contributed by atoms with Crippen LogP contribution < -0.4 is 5.32 Å². The van der Waals surface area contributed by atoms with E-state index >= 15 is 0 Å². The first kappa shape index (κ1) is 10.9. The minimum Gasteiger partial charge on any atom is -0.309 e. The Hall–Kier alpha value is -0.570. The van der Waals surface area contributed by atoms with Crippen molar-refractivity contribution in [2.45, 2.75) is 12.5 Å². The molecule has 0 radical (unpaired) electrons. The quantitative estimate of drug-likeness (QED) is 0.828. The van der Waals surface area contributed by atoms with Gasteiger partial charge in [-0.3, -0.25) is 0 Å². The molecule has 1 aromatic carbocycles. The summed E-state index contributed by atoms with van der Waals surface area (Å²) >= 11 is 6.00. The standard InChI is InChI=1S/C12H17ClN2/c1-15(2)8-12-11-4-3-10(13)7-9(11)5-6-14-12/h3-4,7,12,14H,5-6,8H2,1-2H3. The van der Waals surface area contributed by atoms with Gasteiger partial charge < -0.3 is 10.2 Å². The Kier molecular flexibility index (Phi) is 3.29. The van der Waals surface area contributed by atoms with Crippen LogP contribution in [-0.2, 0) is 6.42 Å². The molecule has 0 saturated heterocycles. The van der Waals surface area contributed by atoms with E-state index in [9.17, 15) is 0 Å². The maximum Gasteiger partial charge on any atom is 0.0451 e. The molecule has 0 amide bonds. The van der Waals surface area contributed by atoms with Crippen LogP contribution in [0.25, 0.3) is 0 Å². The van der Waals surface area contributed by atoms with E-state index in [1.807, 2.05) is 6.07 Å². The first-order chi connectivity index (χ1) is 7.16. The lowest BCUT2D eigenvalue weighted by Gasteiger charge is -2.29. The molecular weight excluding hydrogens is 208 g/mol. The third-order valence-corrected chi connectivity index (χ3v) is 3.05. The van der Waals surface area contributed by atoms with Gasteiger partial charge >= 0.3 is 0 Å². The zero-order chi connectivity index (χ0) is 10.8. The summed E-state index contributed by atoms with van der Waals surface area (Å²) in [6.45, 7) is 2.08. The van der Waals surface area contributed by atoms with Crippen LogP contribution in [0.4, 0.5) is 0 Å². The van der Waals surface area contributed by atoms with Gasteiger partial charge in [0.1, 0.15) is 0 Å². The third-order valence-electron chi connectivity index (χ3n) is 2.81. The van der Waals surface area contributed by atoms with Gasteiger partial charge in [0.15, 0.2) is 0 Å². The smallest absolute Gasteiger partial charge is 0.0451 e. The van der Waals surface area contributed by atoms with Gasteiger partial charge in [-0.2, -0.15) is 0 Å². The summed E-state index contributed by atoms with van der Waals surface area (Å²) < 4.78 is 0. The van der Waals surface area contributed by atoms with Crippen molar-refractivity contribution in [3.05, 3.63) is 34.3 Å². The third kappa shape index (κ3) is 2.51. The number of likely N-dealkylation sites (N-methyl/N-ethyl adjacent to an activating group) is 1. The summed E-state index contributed by atoms with van der Waals surface area (Å²) in [6.07, 6.45) is 1.08. The monoisotopic (exact) mass is 224 g/mol. The number of benzene rings is 1. The summed E-state index contributed by atoms with van der Waals surface area (Å²) in [6, 6.07) is 6.68. The lowest BCUT2D eigenvalue weighted by Crippen LogP contribution is -2.36. The first-order valence-corrected chi connectivity index (χ1v) is 5.71. The molecule has 2 rings (SSSR count). The first-order valence-electron chi connectivity index (χ1n) is 5.33. The molecule has 3 heteroatoms. The number of rotatable bonds is 2. The van der Waals surface area contributed by atoms with E-state index < -0.39 is 0 Å². The van der Waals surface area contributed by atoms with Crippen LogP contribution in [0.3, 0.4) is 0 Å². The largest absolute Gasteiger partial charge is 0.309 e. The van der Waals surface area contributed by atoms with E-state index in [1.165, 1.54) is 11.1 Å². The number of hydrogen-bond donors (Lipinski definition) is 1. The van der Waals surface area contributed by atoms with Gasteiger partial charge in [-0.15, -0.1) is 0 Å². The summed E-state index contributed by atoms with van der Waals surface area (Å²) in [7, 11) is 4.21. The van der Waals surface area contributed by atoms with Gasteiger partial charge in [0.2, 0.25) is 0 Å². The zero-order valence-corrected chi connectivity index (χ0v) is 10.0. The van der Waals surface area contributed by atoms with Gasteiger partial charge in [0.25, 0.3) is 0 Å². The van der Waals surface area contributed by atoms with Gasteiger partial charge in [-0.1, -0.05) is 17.7 Å². The van der Waals surface area contributed by atoms with Gasteiger partial charge in [0.05, 0.1) is 0 Å². The molecule has 0 bridgehead atoms. The highest BCUT2D eigenvalue weighted by Gasteiger charge is 2.19. The normalized spacial score (nSPS) is 20.4. The topological polar surface area (TPSA) is 15.3 Å². The lowest BCUT2D eigenvalue weighted by molar-refractivity contribution is 0.334. The summed E-state index contributed by atoms with van der Waals surface area (Å²) in [5.74, 6) is 0. The van der Waals surface area contributed by atoms with Crippen LogP contribution in [0.2, 0.25) is 5.02 Å². The van der Waals surface area contributed by atoms with Crippen molar-refractivity contribution in [3.63, 3.8) is 0 Å². The molecule has 0 fully saturated rings. The average Bonchev–Trinajstić information content (AvgIpc) is 2.16. The number of hydrogen-bond acceptors (Lipinski definition) is 2. The molecular formula is C12H17ClN2. The van der Waals surface area contributed by atoms with E-state index in [2.05, 4.69) is 36.4 Å². The van der Waals surface area contributed by atoms with Crippen LogP contribution >= 0.6 is 11.6 Å². The Balaban J connectivity index is 2.26. The van der Waals surface area contributed by atoms with Crippen LogP contribution in [0.1, 0.15) is 17.2 Å². The molecule has 82 valence electrons. The van der Waals surface area contributed by atoms with E-state index in [-0.39, 0.29) is 0 Å². The summed E-state index contributed by atoms with van der Waals surface area (Å²) in [4.78, 5) is 2.21. The number of nitrogens with zero attached hydrogens (tertiary/aromatic N) is 1. The predicted molar refractivity (Wildman–Crippen MR) is 64.5 cm³/mol. The molecule has 1 aromatic rings. The molecule has 15 heavy (non-hydrogen) atoms. The number of fused-ring (bicyclic) bond motifs is 1. The minimum atomic E-state index is 0.445. The van der Waals surface area contributed by atoms with Crippen molar-refractivity contribution in [1.82, 2.24) is 10.2 Å². The van der Waals surface area contributed by atoms with Crippen LogP contribution in [0, 0.1) is 0 Å². The zero-order valence-electron chi connectivity index (χ0n) is 9.26. The van der Waals surface area contributed by atoms with Crippen molar-refractivity contribution in [2.75, 3.05) is 27.2 Å². The van der Waals surface area contributed by atoms with Gasteiger partial charge in [-0.25, -0.2) is 0 Å². The fourth-order valence-corrected chi connectivity index (χ4v) is 2.34. The minimum absolute atomic E-state index is 0.445. The van der Waals surface area contributed by atoms with E-state index in [0.29, 0.717) is 6.04 Å². The molecule has 1 aliphatic rings. The van der Waals surface area contributed by atoms with Crippen LogP contribution in [0.5, 0.6) is 0 Å². The van der Waals surface area contributed by atoms with Gasteiger partial charge in [0, 0.05) is 17.6 Å². The van der Waals surface area contributed by atoms with Gasteiger partial charge in [-0.05, 0) is 50.3 Å². The Morgan fingerprint density at radius 3 is 3.00 bits per heavy atom. The molecule has 2 nitrogen and oxygen atoms in total. The Labute approximate surface area is 96.2 Å². The number of halogens is 1. The molecule has 0 spiro atoms. The molecule has 1 N–H and O–H groups in total. The molecule has 0 saturated carbocycles. The molecule has 1 aliphatic heterocycles. The van der Waals surface area contributed by atoms with Crippen LogP contribution in [0.15, 0.2) is 18.2 Å². The van der Waals surface area contributed by atoms with Crippen molar-refractivity contribution in [3.8, 4) is 0 Å². The second-order valence-electron chi connectivity index (χ2n) is 4.36. The Bertz CT molecular complexity index is 349. The second kappa shape index (κ2) is 4.52. The van der Waals surface area contributed by atoms with Crippen LogP contribution in [-0.4, -0.2) is 32.1 Å². The summed E-state index contributed by atoms with van der Waals surface area (Å²) in [5, 5.41) is 4.39. The fourth-order valence-electron chi connectivity index (χ4n) is 2.15. The highest BCUT2D eigenvalue weighted by molar-refractivity contribution is 6.30. The van der Waals surface area contributed by atoms with Crippen molar-refractivity contribution < 1.29 is 0 Å². The SMILES string of the molecule is CN(C)CC1NCCc2cc(Cl)ccc21. The van der Waals surface area contributed by atoms with E-state index in [4.69, 9.17) is 11.6 Å². The molecule has 1 heterocycles. The van der Waals surface area contributed by atoms with Crippen molar-refractivity contribution >= 4 is 11.6 Å². The highest BCUT2D eigenvalue weighted by atomic mass is 35.5. The molecule has 1 atom stereocenters. The van der Waals surface area contributed by atoms with E-state index in [0.717, 1.165) is 24.5 Å². The lowest BCUT2D eigenvalue weighted by atomic mass is 9.94. The van der Waals surface area contributed by atoms with E-state index in [1.54, 1.807) is 0 Å². The molecule has 0 aliphatic carbocycles. The summed E-state index contributed by atoms with van der Waals surface area (Å²) in [5.41, 5.74) is 2.80. The molecule has 1 unspecified atom stereocenters. The average molecular weight is 225 g/mol. The van der Waals surface area contributed by atoms with Crippen molar-refractivity contribution in [2.24, 2.45) is 0 Å². The number of nitrogens with one attached hydrogen (secondary N) is 1. The fraction of sp³-hybridized carbons (Fsp3) is 0.500. The Morgan fingerprint density at radius 2 is 2.27 bits per heavy atom.